The van der Waals surface area contributed by atoms with Crippen molar-refractivity contribution < 1.29 is 28.5 Å². The van der Waals surface area contributed by atoms with Crippen LogP contribution in [0.4, 0.5) is 0 Å². The molecule has 0 aromatic heterocycles. The molecule has 0 bridgehead atoms. The molecule has 2 rings (SSSR count). The van der Waals surface area contributed by atoms with E-state index in [1.165, 1.54) is 28.3 Å². The molecule has 0 radical (unpaired) electrons. The zero-order valence-corrected chi connectivity index (χ0v) is 15.2. The van der Waals surface area contributed by atoms with Crippen LogP contribution in [0.25, 0.3) is 0 Å². The van der Waals surface area contributed by atoms with Gasteiger partial charge in [0, 0.05) is 25.6 Å². The minimum atomic E-state index is -0.275. The second-order valence-electron chi connectivity index (χ2n) is 5.95. The lowest BCUT2D eigenvalue weighted by Gasteiger charge is -2.19. The number of carbonyl (C=O) groups is 2. The first kappa shape index (κ1) is 18.9. The smallest absolute Gasteiger partial charge is 0.302 e. The van der Waals surface area contributed by atoms with Gasteiger partial charge in [-0.3, -0.25) is 9.59 Å². The van der Waals surface area contributed by atoms with E-state index in [0.29, 0.717) is 48.4 Å². The van der Waals surface area contributed by atoms with Crippen LogP contribution in [0.15, 0.2) is 12.1 Å². The molecule has 0 N–H and O–H groups in total. The second kappa shape index (κ2) is 8.60. The summed E-state index contributed by atoms with van der Waals surface area (Å²) in [5, 5.41) is 0. The van der Waals surface area contributed by atoms with E-state index in [9.17, 15) is 9.59 Å². The normalized spacial score (nSPS) is 16.5. The van der Waals surface area contributed by atoms with Crippen molar-refractivity contribution in [3.8, 4) is 17.2 Å². The molecule has 138 valence electrons. The molecule has 1 atom stereocenters. The zero-order chi connectivity index (χ0) is 18.4. The van der Waals surface area contributed by atoms with Gasteiger partial charge in [0.2, 0.25) is 5.75 Å². The molecule has 1 amide bonds. The highest BCUT2D eigenvalue weighted by Gasteiger charge is 2.28. The van der Waals surface area contributed by atoms with Crippen LogP contribution in [-0.2, 0) is 9.53 Å². The number of benzene rings is 1. The Hall–Kier alpha value is -2.44. The molecule has 0 spiro atoms. The second-order valence-corrected chi connectivity index (χ2v) is 5.95. The molecule has 1 aliphatic heterocycles. The van der Waals surface area contributed by atoms with E-state index in [0.717, 1.165) is 12.8 Å². The SMILES string of the molecule is COc1cc(C(=O)N2CCC(CCOC(C)=O)C2)cc(OC)c1OC. The first-order valence-electron chi connectivity index (χ1n) is 8.22. The van der Waals surface area contributed by atoms with Gasteiger partial charge in [0.1, 0.15) is 0 Å². The van der Waals surface area contributed by atoms with E-state index < -0.39 is 0 Å². The van der Waals surface area contributed by atoms with Gasteiger partial charge in [-0.2, -0.15) is 0 Å². The Morgan fingerprint density at radius 1 is 1.12 bits per heavy atom. The Kier molecular flexibility index (Phi) is 6.50. The summed E-state index contributed by atoms with van der Waals surface area (Å²) < 4.78 is 20.9. The first-order chi connectivity index (χ1) is 12.0. The molecular formula is C18H25NO6. The number of hydrogen-bond donors (Lipinski definition) is 0. The third kappa shape index (κ3) is 4.55. The third-order valence-electron chi connectivity index (χ3n) is 4.32. The van der Waals surface area contributed by atoms with E-state index in [1.54, 1.807) is 17.0 Å². The van der Waals surface area contributed by atoms with E-state index in [2.05, 4.69) is 0 Å². The van der Waals surface area contributed by atoms with Crippen LogP contribution in [0.1, 0.15) is 30.1 Å². The maximum atomic E-state index is 12.8. The molecule has 1 fully saturated rings. The third-order valence-corrected chi connectivity index (χ3v) is 4.32. The summed E-state index contributed by atoms with van der Waals surface area (Å²) >= 11 is 0. The minimum absolute atomic E-state index is 0.0748. The van der Waals surface area contributed by atoms with Crippen molar-refractivity contribution >= 4 is 11.9 Å². The molecule has 0 aliphatic carbocycles. The predicted molar refractivity (Wildman–Crippen MR) is 91.4 cm³/mol. The highest BCUT2D eigenvalue weighted by Crippen LogP contribution is 2.38. The molecule has 25 heavy (non-hydrogen) atoms. The lowest BCUT2D eigenvalue weighted by molar-refractivity contribution is -0.141. The number of hydrogen-bond acceptors (Lipinski definition) is 6. The summed E-state index contributed by atoms with van der Waals surface area (Å²) in [6.07, 6.45) is 1.66. The van der Waals surface area contributed by atoms with Gasteiger partial charge in [0.25, 0.3) is 5.91 Å². The largest absolute Gasteiger partial charge is 0.493 e. The monoisotopic (exact) mass is 351 g/mol. The fourth-order valence-corrected chi connectivity index (χ4v) is 3.01. The van der Waals surface area contributed by atoms with Crippen LogP contribution in [-0.4, -0.2) is 57.8 Å². The van der Waals surface area contributed by atoms with Gasteiger partial charge < -0.3 is 23.8 Å². The Bertz CT molecular complexity index is 605. The van der Waals surface area contributed by atoms with Gasteiger partial charge >= 0.3 is 5.97 Å². The summed E-state index contributed by atoms with van der Waals surface area (Å²) in [7, 11) is 4.56. The maximum absolute atomic E-state index is 12.8. The first-order valence-corrected chi connectivity index (χ1v) is 8.22. The van der Waals surface area contributed by atoms with Crippen molar-refractivity contribution in [2.75, 3.05) is 41.0 Å². The molecular weight excluding hydrogens is 326 g/mol. The number of amides is 1. The predicted octanol–water partition coefficient (Wildman–Crippen LogP) is 2.13. The van der Waals surface area contributed by atoms with Gasteiger partial charge in [0.15, 0.2) is 11.5 Å². The molecule has 1 aliphatic rings. The molecule has 1 saturated heterocycles. The van der Waals surface area contributed by atoms with Crippen molar-refractivity contribution in [3.63, 3.8) is 0 Å². The average molecular weight is 351 g/mol. The van der Waals surface area contributed by atoms with Crippen molar-refractivity contribution in [1.82, 2.24) is 4.90 Å². The van der Waals surface area contributed by atoms with Crippen molar-refractivity contribution in [3.05, 3.63) is 17.7 Å². The minimum Gasteiger partial charge on any atom is -0.493 e. The van der Waals surface area contributed by atoms with Crippen LogP contribution < -0.4 is 14.2 Å². The van der Waals surface area contributed by atoms with Gasteiger partial charge in [-0.05, 0) is 30.9 Å². The number of carbonyl (C=O) groups excluding carboxylic acids is 2. The average Bonchev–Trinajstić information content (AvgIpc) is 3.08. The van der Waals surface area contributed by atoms with Crippen LogP contribution in [0.3, 0.4) is 0 Å². The summed E-state index contributed by atoms with van der Waals surface area (Å²) in [6.45, 7) is 3.12. The van der Waals surface area contributed by atoms with Crippen LogP contribution in [0.2, 0.25) is 0 Å². The highest BCUT2D eigenvalue weighted by atomic mass is 16.5. The number of methoxy groups -OCH3 is 3. The maximum Gasteiger partial charge on any atom is 0.302 e. The van der Waals surface area contributed by atoms with Gasteiger partial charge in [-0.15, -0.1) is 0 Å². The topological polar surface area (TPSA) is 74.3 Å². The summed E-state index contributed by atoms with van der Waals surface area (Å²) in [5.41, 5.74) is 0.495. The van der Waals surface area contributed by atoms with Crippen LogP contribution >= 0.6 is 0 Å². The van der Waals surface area contributed by atoms with Crippen molar-refractivity contribution in [2.45, 2.75) is 19.8 Å². The molecule has 1 unspecified atom stereocenters. The summed E-state index contributed by atoms with van der Waals surface area (Å²) in [5.74, 6) is 1.36. The number of nitrogens with zero attached hydrogens (tertiary/aromatic N) is 1. The number of rotatable bonds is 7. The molecule has 7 nitrogen and oxygen atoms in total. The lowest BCUT2D eigenvalue weighted by Crippen LogP contribution is -2.29. The zero-order valence-electron chi connectivity index (χ0n) is 15.2. The fraction of sp³-hybridized carbons (Fsp3) is 0.556. The molecule has 1 aromatic rings. The van der Waals surface area contributed by atoms with E-state index in [4.69, 9.17) is 18.9 Å². The van der Waals surface area contributed by atoms with Gasteiger partial charge in [-0.25, -0.2) is 0 Å². The molecule has 0 saturated carbocycles. The molecule has 1 heterocycles. The number of likely N-dealkylation sites (tertiary alicyclic amines) is 1. The van der Waals surface area contributed by atoms with E-state index in [-0.39, 0.29) is 11.9 Å². The Morgan fingerprint density at radius 3 is 2.28 bits per heavy atom. The summed E-state index contributed by atoms with van der Waals surface area (Å²) in [6, 6.07) is 3.33. The van der Waals surface area contributed by atoms with E-state index >= 15 is 0 Å². The molecule has 1 aromatic carbocycles. The Balaban J connectivity index is 2.07. The number of esters is 1. The van der Waals surface area contributed by atoms with Crippen molar-refractivity contribution in [2.24, 2.45) is 5.92 Å². The number of ether oxygens (including phenoxy) is 4. The van der Waals surface area contributed by atoms with Crippen LogP contribution in [0, 0.1) is 5.92 Å². The van der Waals surface area contributed by atoms with Gasteiger partial charge in [0.05, 0.1) is 27.9 Å². The standard InChI is InChI=1S/C18H25NO6/c1-12(20)25-8-6-13-5-7-19(11-13)18(21)14-9-15(22-2)17(24-4)16(10-14)23-3/h9-10,13H,5-8,11H2,1-4H3. The Morgan fingerprint density at radius 2 is 1.76 bits per heavy atom. The van der Waals surface area contributed by atoms with E-state index in [1.807, 2.05) is 0 Å². The fourth-order valence-electron chi connectivity index (χ4n) is 3.01. The van der Waals surface area contributed by atoms with Crippen molar-refractivity contribution in [1.29, 1.82) is 0 Å². The molecule has 7 heteroatoms. The summed E-state index contributed by atoms with van der Waals surface area (Å²) in [4.78, 5) is 25.4. The lowest BCUT2D eigenvalue weighted by atomic mass is 10.1. The Labute approximate surface area is 147 Å². The van der Waals surface area contributed by atoms with Crippen LogP contribution in [0.5, 0.6) is 17.2 Å². The highest BCUT2D eigenvalue weighted by molar-refractivity contribution is 5.95. The quantitative estimate of drug-likeness (QED) is 0.701. The van der Waals surface area contributed by atoms with Gasteiger partial charge in [-0.1, -0.05) is 0 Å².